The first kappa shape index (κ1) is 11.9. The van der Waals surface area contributed by atoms with Crippen LogP contribution in [0.1, 0.15) is 13.8 Å². The van der Waals surface area contributed by atoms with Crippen molar-refractivity contribution in [3.8, 4) is 0 Å². The number of ether oxygens (including phenoxy) is 1. The highest BCUT2D eigenvalue weighted by molar-refractivity contribution is 5.84. The Bertz CT molecular complexity index is 193. The van der Waals surface area contributed by atoms with Gasteiger partial charge < -0.3 is 4.74 Å². The fourth-order valence-corrected chi connectivity index (χ4v) is 0.811. The Labute approximate surface area is 77.3 Å². The second-order valence-corrected chi connectivity index (χ2v) is 2.77. The van der Waals surface area contributed by atoms with Gasteiger partial charge in [-0.25, -0.2) is 5.48 Å². The van der Waals surface area contributed by atoms with E-state index in [0.717, 1.165) is 0 Å². The smallest absolute Gasteiger partial charge is 0.309 e. The molecular formula is C8H15NO4. The number of carbonyl (C=O) groups is 2. The van der Waals surface area contributed by atoms with Crippen LogP contribution in [-0.4, -0.2) is 26.1 Å². The lowest BCUT2D eigenvalue weighted by molar-refractivity contribution is -0.151. The number of methoxy groups -OCH3 is 1. The summed E-state index contributed by atoms with van der Waals surface area (Å²) in [4.78, 5) is 26.6. The van der Waals surface area contributed by atoms with Gasteiger partial charge in [0.1, 0.15) is 0 Å². The molecule has 0 saturated carbocycles. The number of hydrogen-bond donors (Lipinski definition) is 1. The molecule has 0 aromatic rings. The summed E-state index contributed by atoms with van der Waals surface area (Å²) in [6.45, 7) is 3.27. The highest BCUT2D eigenvalue weighted by Gasteiger charge is 2.26. The van der Waals surface area contributed by atoms with Crippen LogP contribution in [0.2, 0.25) is 0 Å². The first-order chi connectivity index (χ1) is 6.04. The maximum absolute atomic E-state index is 11.2. The molecule has 0 aliphatic rings. The topological polar surface area (TPSA) is 64.6 Å². The third-order valence-electron chi connectivity index (χ3n) is 1.94. The lowest BCUT2D eigenvalue weighted by Gasteiger charge is -2.15. The third kappa shape index (κ3) is 3.42. The quantitative estimate of drug-likeness (QED) is 0.503. The van der Waals surface area contributed by atoms with Crippen molar-refractivity contribution in [1.82, 2.24) is 5.48 Å². The molecule has 1 amide bonds. The van der Waals surface area contributed by atoms with E-state index in [-0.39, 0.29) is 5.91 Å². The highest BCUT2D eigenvalue weighted by Crippen LogP contribution is 2.12. The lowest BCUT2D eigenvalue weighted by atomic mass is 9.96. The summed E-state index contributed by atoms with van der Waals surface area (Å²) in [6.07, 6.45) is 0. The molecule has 0 rings (SSSR count). The number of carbonyl (C=O) groups excluding carboxylic acids is 2. The average molecular weight is 189 g/mol. The van der Waals surface area contributed by atoms with Crippen LogP contribution >= 0.6 is 0 Å². The van der Waals surface area contributed by atoms with Crippen molar-refractivity contribution in [3.63, 3.8) is 0 Å². The molecule has 0 heterocycles. The Kier molecular flexibility index (Phi) is 5.06. The van der Waals surface area contributed by atoms with Gasteiger partial charge in [-0.1, -0.05) is 13.8 Å². The van der Waals surface area contributed by atoms with Crippen LogP contribution in [0.3, 0.4) is 0 Å². The largest absolute Gasteiger partial charge is 0.469 e. The Morgan fingerprint density at radius 1 is 1.15 bits per heavy atom. The highest BCUT2D eigenvalue weighted by atomic mass is 16.6. The van der Waals surface area contributed by atoms with E-state index < -0.39 is 17.8 Å². The van der Waals surface area contributed by atoms with Gasteiger partial charge in [-0.2, -0.15) is 0 Å². The van der Waals surface area contributed by atoms with Crippen molar-refractivity contribution in [2.24, 2.45) is 11.8 Å². The van der Waals surface area contributed by atoms with Crippen LogP contribution in [0, 0.1) is 11.8 Å². The minimum atomic E-state index is -0.472. The van der Waals surface area contributed by atoms with Crippen molar-refractivity contribution in [2.45, 2.75) is 13.8 Å². The molecule has 0 unspecified atom stereocenters. The maximum Gasteiger partial charge on any atom is 0.309 e. The van der Waals surface area contributed by atoms with E-state index in [1.165, 1.54) is 14.2 Å². The molecule has 0 aromatic carbocycles. The van der Waals surface area contributed by atoms with Crippen LogP contribution in [0.15, 0.2) is 0 Å². The Balaban J connectivity index is 4.16. The molecule has 1 N–H and O–H groups in total. The minimum absolute atomic E-state index is 0.333. The summed E-state index contributed by atoms with van der Waals surface area (Å²) < 4.78 is 4.50. The molecule has 0 radical (unpaired) electrons. The molecule has 0 bridgehead atoms. The molecule has 0 aromatic heterocycles. The fourth-order valence-electron chi connectivity index (χ4n) is 0.811. The number of amides is 1. The van der Waals surface area contributed by atoms with Gasteiger partial charge >= 0.3 is 5.97 Å². The molecule has 0 aliphatic heterocycles. The summed E-state index contributed by atoms with van der Waals surface area (Å²) in [5.74, 6) is -1.67. The Morgan fingerprint density at radius 3 is 2.08 bits per heavy atom. The van der Waals surface area contributed by atoms with E-state index in [4.69, 9.17) is 0 Å². The third-order valence-corrected chi connectivity index (χ3v) is 1.94. The molecule has 2 atom stereocenters. The second-order valence-electron chi connectivity index (χ2n) is 2.77. The van der Waals surface area contributed by atoms with Crippen molar-refractivity contribution in [3.05, 3.63) is 0 Å². The van der Waals surface area contributed by atoms with Crippen molar-refractivity contribution >= 4 is 11.9 Å². The monoisotopic (exact) mass is 189 g/mol. The van der Waals surface area contributed by atoms with E-state index in [9.17, 15) is 9.59 Å². The molecule has 0 aliphatic carbocycles. The van der Waals surface area contributed by atoms with E-state index in [1.54, 1.807) is 13.8 Å². The summed E-state index contributed by atoms with van der Waals surface area (Å²) >= 11 is 0. The van der Waals surface area contributed by atoms with E-state index >= 15 is 0 Å². The Morgan fingerprint density at radius 2 is 1.69 bits per heavy atom. The minimum Gasteiger partial charge on any atom is -0.469 e. The van der Waals surface area contributed by atoms with Crippen LogP contribution < -0.4 is 5.48 Å². The molecular weight excluding hydrogens is 174 g/mol. The predicted octanol–water partition coefficient (Wildman–Crippen LogP) is 0.109. The zero-order valence-corrected chi connectivity index (χ0v) is 8.29. The molecule has 5 nitrogen and oxygen atoms in total. The van der Waals surface area contributed by atoms with Gasteiger partial charge in [0.25, 0.3) is 0 Å². The lowest BCUT2D eigenvalue weighted by Crippen LogP contribution is -2.35. The molecule has 0 fully saturated rings. The number of rotatable bonds is 4. The standard InChI is InChI=1S/C8H15NO4/c1-5(7(10)9-13-4)6(2)8(11)12-3/h5-6H,1-4H3,(H,9,10)/t5-,6+/m0/s1. The molecule has 5 heteroatoms. The van der Waals surface area contributed by atoms with Gasteiger partial charge in [0.15, 0.2) is 0 Å². The maximum atomic E-state index is 11.2. The van der Waals surface area contributed by atoms with Crippen LogP contribution in [0.5, 0.6) is 0 Å². The normalized spacial score (nSPS) is 14.5. The Hall–Kier alpha value is -1.10. The van der Waals surface area contributed by atoms with E-state index in [0.29, 0.717) is 0 Å². The molecule has 13 heavy (non-hydrogen) atoms. The van der Waals surface area contributed by atoms with Gasteiger partial charge in [0, 0.05) is 0 Å². The van der Waals surface area contributed by atoms with Crippen LogP contribution in [0.4, 0.5) is 0 Å². The van der Waals surface area contributed by atoms with Gasteiger partial charge in [-0.15, -0.1) is 0 Å². The van der Waals surface area contributed by atoms with Crippen molar-refractivity contribution < 1.29 is 19.2 Å². The average Bonchev–Trinajstić information content (AvgIpc) is 2.14. The van der Waals surface area contributed by atoms with E-state index in [1.807, 2.05) is 0 Å². The summed E-state index contributed by atoms with van der Waals surface area (Å²) in [5, 5.41) is 0. The van der Waals surface area contributed by atoms with Gasteiger partial charge in [0.2, 0.25) is 5.91 Å². The van der Waals surface area contributed by atoms with Gasteiger partial charge in [-0.05, 0) is 0 Å². The summed E-state index contributed by atoms with van der Waals surface area (Å²) in [6, 6.07) is 0. The van der Waals surface area contributed by atoms with Crippen molar-refractivity contribution in [2.75, 3.05) is 14.2 Å². The number of hydroxylamine groups is 1. The van der Waals surface area contributed by atoms with E-state index in [2.05, 4.69) is 15.1 Å². The first-order valence-electron chi connectivity index (χ1n) is 3.95. The number of nitrogens with one attached hydrogen (secondary N) is 1. The van der Waals surface area contributed by atoms with Crippen LogP contribution in [0.25, 0.3) is 0 Å². The second kappa shape index (κ2) is 5.53. The summed E-state index contributed by atoms with van der Waals surface area (Å²) in [5.41, 5.74) is 2.16. The SMILES string of the molecule is CONC(=O)[C@@H](C)[C@@H](C)C(=O)OC. The van der Waals surface area contributed by atoms with Crippen molar-refractivity contribution in [1.29, 1.82) is 0 Å². The number of hydrogen-bond acceptors (Lipinski definition) is 4. The van der Waals surface area contributed by atoms with Gasteiger partial charge in [-0.3, -0.25) is 14.4 Å². The summed E-state index contributed by atoms with van der Waals surface area (Å²) in [7, 11) is 2.63. The zero-order valence-electron chi connectivity index (χ0n) is 8.29. The van der Waals surface area contributed by atoms with Crippen LogP contribution in [-0.2, 0) is 19.2 Å². The molecule has 0 spiro atoms. The first-order valence-corrected chi connectivity index (χ1v) is 3.95. The molecule has 76 valence electrons. The van der Waals surface area contributed by atoms with Gasteiger partial charge in [0.05, 0.1) is 26.1 Å². The zero-order chi connectivity index (χ0) is 10.4. The number of esters is 1. The predicted molar refractivity (Wildman–Crippen MR) is 45.5 cm³/mol. The molecule has 0 saturated heterocycles. The fraction of sp³-hybridized carbons (Fsp3) is 0.750.